The summed E-state index contributed by atoms with van der Waals surface area (Å²) in [6.07, 6.45) is 0.752. The number of hydrogen-bond donors (Lipinski definition) is 1. The van der Waals surface area contributed by atoms with Crippen molar-refractivity contribution in [3.8, 4) is 0 Å². The molecule has 1 unspecified atom stereocenters. The monoisotopic (exact) mass is 209 g/mol. The van der Waals surface area contributed by atoms with Gasteiger partial charge in [0.15, 0.2) is 11.3 Å². The van der Waals surface area contributed by atoms with Gasteiger partial charge in [-0.1, -0.05) is 35.9 Å². The minimum absolute atomic E-state index is 0.251. The number of halogens is 1. The number of hydrogen-bond acceptors (Lipinski definition) is 2. The zero-order valence-electron chi connectivity index (χ0n) is 8.17. The molecule has 0 aliphatic carbocycles. The Hall–Kier alpha value is -0.860. The third kappa shape index (κ3) is 1.18. The van der Waals surface area contributed by atoms with Gasteiger partial charge in [0.25, 0.3) is 0 Å². The molecule has 1 aliphatic rings. The highest BCUT2D eigenvalue weighted by Gasteiger charge is 2.45. The highest BCUT2D eigenvalue weighted by molar-refractivity contribution is 6.31. The molecule has 3 heteroatoms. The molecule has 74 valence electrons. The Morgan fingerprint density at radius 3 is 2.43 bits per heavy atom. The molecule has 2 rings (SSSR count). The van der Waals surface area contributed by atoms with Crippen LogP contribution in [0, 0.1) is 0 Å². The summed E-state index contributed by atoms with van der Waals surface area (Å²) < 4.78 is 0. The number of carbonyl (C=O) groups is 1. The lowest BCUT2D eigenvalue weighted by Crippen LogP contribution is -2.41. The lowest BCUT2D eigenvalue weighted by molar-refractivity contribution is -0.111. The Morgan fingerprint density at radius 2 is 1.86 bits per heavy atom. The Kier molecular flexibility index (Phi) is 1.95. The highest BCUT2D eigenvalue weighted by atomic mass is 35.5. The maximum atomic E-state index is 11.0. The first-order valence-electron chi connectivity index (χ1n) is 4.54. The van der Waals surface area contributed by atoms with E-state index in [1.807, 2.05) is 38.1 Å². The van der Waals surface area contributed by atoms with E-state index >= 15 is 0 Å². The summed E-state index contributed by atoms with van der Waals surface area (Å²) in [6.45, 7) is 4.03. The smallest absolute Gasteiger partial charge is 0.176 e. The van der Waals surface area contributed by atoms with Crippen molar-refractivity contribution in [3.05, 3.63) is 35.4 Å². The number of benzene rings is 1. The van der Waals surface area contributed by atoms with E-state index in [0.29, 0.717) is 0 Å². The first-order valence-corrected chi connectivity index (χ1v) is 4.92. The molecule has 0 bridgehead atoms. The molecule has 1 N–H and O–H groups in total. The van der Waals surface area contributed by atoms with Crippen LogP contribution in [0.2, 0.25) is 0 Å². The zero-order chi connectivity index (χ0) is 10.4. The summed E-state index contributed by atoms with van der Waals surface area (Å²) in [5, 5.41) is 3.12. The third-order valence-corrected chi connectivity index (χ3v) is 3.04. The molecule has 1 atom stereocenters. The van der Waals surface area contributed by atoms with Crippen LogP contribution in [-0.4, -0.2) is 6.29 Å². The minimum Gasteiger partial charge on any atom is -0.299 e. The van der Waals surface area contributed by atoms with Crippen molar-refractivity contribution in [1.29, 1.82) is 0 Å². The van der Waals surface area contributed by atoms with Gasteiger partial charge in [0.1, 0.15) is 0 Å². The summed E-state index contributed by atoms with van der Waals surface area (Å²) in [4.78, 5) is 9.93. The Bertz CT molecular complexity index is 389. The number of carbonyl (C=O) groups excluding carboxylic acids is 1. The first-order chi connectivity index (χ1) is 6.49. The summed E-state index contributed by atoms with van der Waals surface area (Å²) in [6, 6.07) is 7.73. The van der Waals surface area contributed by atoms with Gasteiger partial charge >= 0.3 is 0 Å². The molecule has 1 aromatic carbocycles. The van der Waals surface area contributed by atoms with Crippen molar-refractivity contribution in [2.24, 2.45) is 0 Å². The van der Waals surface area contributed by atoms with E-state index in [1.165, 1.54) is 0 Å². The van der Waals surface area contributed by atoms with Gasteiger partial charge in [-0.2, -0.15) is 0 Å². The molecule has 0 saturated heterocycles. The second-order valence-electron chi connectivity index (χ2n) is 4.13. The second-order valence-corrected chi connectivity index (χ2v) is 4.72. The Morgan fingerprint density at radius 1 is 1.29 bits per heavy atom. The molecule has 0 saturated carbocycles. The van der Waals surface area contributed by atoms with E-state index in [2.05, 4.69) is 5.32 Å². The van der Waals surface area contributed by atoms with Crippen LogP contribution >= 0.6 is 11.6 Å². The van der Waals surface area contributed by atoms with Gasteiger partial charge in [0, 0.05) is 5.54 Å². The summed E-state index contributed by atoms with van der Waals surface area (Å²) in [7, 11) is 0. The van der Waals surface area contributed by atoms with E-state index in [9.17, 15) is 4.79 Å². The van der Waals surface area contributed by atoms with Crippen LogP contribution in [-0.2, 0) is 15.3 Å². The van der Waals surface area contributed by atoms with Crippen molar-refractivity contribution in [2.45, 2.75) is 24.4 Å². The van der Waals surface area contributed by atoms with Gasteiger partial charge in [0.05, 0.1) is 0 Å². The Labute approximate surface area is 88.3 Å². The van der Waals surface area contributed by atoms with E-state index < -0.39 is 5.00 Å². The predicted molar refractivity (Wildman–Crippen MR) is 56.2 cm³/mol. The molecule has 0 fully saturated rings. The van der Waals surface area contributed by atoms with Crippen LogP contribution in [0.5, 0.6) is 0 Å². The maximum absolute atomic E-state index is 11.0. The molecule has 2 nitrogen and oxygen atoms in total. The lowest BCUT2D eigenvalue weighted by Gasteiger charge is -2.23. The van der Waals surface area contributed by atoms with Crippen LogP contribution in [0.15, 0.2) is 24.3 Å². The van der Waals surface area contributed by atoms with E-state index in [1.54, 1.807) is 0 Å². The number of nitrogens with one attached hydrogen (secondary N) is 1. The molecule has 0 amide bonds. The van der Waals surface area contributed by atoms with E-state index in [4.69, 9.17) is 11.6 Å². The quantitative estimate of drug-likeness (QED) is 0.436. The van der Waals surface area contributed by atoms with Crippen LogP contribution in [0.4, 0.5) is 0 Å². The van der Waals surface area contributed by atoms with Crippen molar-refractivity contribution < 1.29 is 4.79 Å². The number of alkyl halides is 1. The number of aldehydes is 1. The van der Waals surface area contributed by atoms with Crippen LogP contribution in [0.3, 0.4) is 0 Å². The summed E-state index contributed by atoms with van der Waals surface area (Å²) >= 11 is 6.19. The largest absolute Gasteiger partial charge is 0.299 e. The Balaban J connectivity index is 2.66. The minimum atomic E-state index is -1.06. The van der Waals surface area contributed by atoms with E-state index in [0.717, 1.165) is 17.4 Å². The van der Waals surface area contributed by atoms with E-state index in [-0.39, 0.29) is 5.54 Å². The van der Waals surface area contributed by atoms with Crippen molar-refractivity contribution in [3.63, 3.8) is 0 Å². The summed E-state index contributed by atoms with van der Waals surface area (Å²) in [5.41, 5.74) is 1.70. The zero-order valence-corrected chi connectivity index (χ0v) is 8.93. The lowest BCUT2D eigenvalue weighted by atomic mass is 9.94. The highest BCUT2D eigenvalue weighted by Crippen LogP contribution is 2.41. The summed E-state index contributed by atoms with van der Waals surface area (Å²) in [5.74, 6) is 0. The van der Waals surface area contributed by atoms with Gasteiger partial charge in [-0.25, -0.2) is 0 Å². The molecule has 1 aliphatic heterocycles. The predicted octanol–water partition coefficient (Wildman–Crippen LogP) is 2.12. The van der Waals surface area contributed by atoms with Gasteiger partial charge in [0.2, 0.25) is 0 Å². The van der Waals surface area contributed by atoms with Gasteiger partial charge in [-0.15, -0.1) is 0 Å². The third-order valence-electron chi connectivity index (χ3n) is 2.65. The van der Waals surface area contributed by atoms with Crippen LogP contribution < -0.4 is 5.32 Å². The fourth-order valence-electron chi connectivity index (χ4n) is 2.03. The number of rotatable bonds is 1. The molecule has 0 spiro atoms. The normalized spacial score (nSPS) is 28.5. The second kappa shape index (κ2) is 2.81. The van der Waals surface area contributed by atoms with Gasteiger partial charge in [-0.05, 0) is 25.0 Å². The average Bonchev–Trinajstić information content (AvgIpc) is 2.37. The fraction of sp³-hybridized carbons (Fsp3) is 0.364. The first kappa shape index (κ1) is 9.69. The topological polar surface area (TPSA) is 29.1 Å². The van der Waals surface area contributed by atoms with Gasteiger partial charge in [-0.3, -0.25) is 10.1 Å². The van der Waals surface area contributed by atoms with Crippen LogP contribution in [0.1, 0.15) is 25.0 Å². The number of fused-ring (bicyclic) bond motifs is 1. The standard InChI is InChI=1S/C11H12ClNO/c1-10(2)8-5-3-4-6-9(8)11(12,7-14)13-10/h3-7,13H,1-2H3. The molecule has 1 heterocycles. The maximum Gasteiger partial charge on any atom is 0.176 e. The van der Waals surface area contributed by atoms with Crippen molar-refractivity contribution in [1.82, 2.24) is 5.32 Å². The van der Waals surface area contributed by atoms with Gasteiger partial charge < -0.3 is 0 Å². The molecule has 0 radical (unpaired) electrons. The molecule has 0 aromatic heterocycles. The fourth-order valence-corrected chi connectivity index (χ4v) is 2.43. The molecule has 14 heavy (non-hydrogen) atoms. The molecular formula is C11H12ClNO. The molecular weight excluding hydrogens is 198 g/mol. The average molecular weight is 210 g/mol. The van der Waals surface area contributed by atoms with Crippen LogP contribution in [0.25, 0.3) is 0 Å². The SMILES string of the molecule is CC1(C)NC(Cl)(C=O)c2ccccc21. The van der Waals surface area contributed by atoms with Crippen molar-refractivity contribution in [2.75, 3.05) is 0 Å². The van der Waals surface area contributed by atoms with Crippen molar-refractivity contribution >= 4 is 17.9 Å². The molecule has 1 aromatic rings.